The van der Waals surface area contributed by atoms with Gasteiger partial charge < -0.3 is 10.4 Å². The third-order valence-electron chi connectivity index (χ3n) is 3.94. The lowest BCUT2D eigenvalue weighted by Crippen LogP contribution is -2.31. The van der Waals surface area contributed by atoms with E-state index < -0.39 is 0 Å². The Balaban J connectivity index is 1.87. The van der Waals surface area contributed by atoms with Crippen LogP contribution in [0.3, 0.4) is 0 Å². The molecule has 0 heterocycles. The zero-order valence-electron chi connectivity index (χ0n) is 11.6. The Kier molecular flexibility index (Phi) is 3.60. The van der Waals surface area contributed by atoms with E-state index in [4.69, 9.17) is 11.6 Å². The van der Waals surface area contributed by atoms with Gasteiger partial charge in [0.2, 0.25) is 0 Å². The maximum atomic E-state index is 12.4. The van der Waals surface area contributed by atoms with E-state index in [1.54, 1.807) is 25.1 Å². The van der Waals surface area contributed by atoms with Crippen LogP contribution in [0.5, 0.6) is 5.75 Å². The van der Waals surface area contributed by atoms with Crippen molar-refractivity contribution in [2.45, 2.75) is 24.8 Å². The summed E-state index contributed by atoms with van der Waals surface area (Å²) in [6.07, 6.45) is 0.739. The molecule has 4 heteroatoms. The molecule has 0 radical (unpaired) electrons. The molecule has 108 valence electrons. The predicted octanol–water partition coefficient (Wildman–Crippen LogP) is 3.34. The van der Waals surface area contributed by atoms with Gasteiger partial charge in [-0.3, -0.25) is 4.79 Å². The number of phenols is 1. The van der Waals surface area contributed by atoms with Crippen molar-refractivity contribution in [3.05, 3.63) is 64.7 Å². The number of hydrogen-bond donors (Lipinski definition) is 2. The third-order valence-corrected chi connectivity index (χ3v) is 4.34. The molecule has 2 unspecified atom stereocenters. The minimum absolute atomic E-state index is 0.0207. The highest BCUT2D eigenvalue weighted by molar-refractivity contribution is 6.21. The van der Waals surface area contributed by atoms with Crippen LogP contribution in [0.4, 0.5) is 0 Å². The molecular weight excluding hydrogens is 286 g/mol. The Hall–Kier alpha value is -2.00. The molecule has 0 aromatic heterocycles. The maximum Gasteiger partial charge on any atom is 0.255 e. The predicted molar refractivity (Wildman–Crippen MR) is 82.8 cm³/mol. The summed E-state index contributed by atoms with van der Waals surface area (Å²) < 4.78 is 0. The van der Waals surface area contributed by atoms with Gasteiger partial charge in [0.1, 0.15) is 5.75 Å². The first-order chi connectivity index (χ1) is 10.1. The van der Waals surface area contributed by atoms with E-state index in [-0.39, 0.29) is 28.6 Å². The lowest BCUT2D eigenvalue weighted by Gasteiger charge is -2.18. The number of aryl methyl sites for hydroxylation is 1. The lowest BCUT2D eigenvalue weighted by atomic mass is 10.1. The number of rotatable bonds is 2. The van der Waals surface area contributed by atoms with Crippen molar-refractivity contribution in [1.82, 2.24) is 5.32 Å². The summed E-state index contributed by atoms with van der Waals surface area (Å²) in [7, 11) is 0. The molecule has 0 fully saturated rings. The number of nitrogens with one attached hydrogen (secondary N) is 1. The third kappa shape index (κ3) is 2.49. The Labute approximate surface area is 128 Å². The van der Waals surface area contributed by atoms with Crippen molar-refractivity contribution in [2.75, 3.05) is 0 Å². The number of phenolic OH excluding ortho intramolecular Hbond substituents is 1. The topological polar surface area (TPSA) is 49.3 Å². The number of fused-ring (bicyclic) bond motifs is 1. The van der Waals surface area contributed by atoms with Gasteiger partial charge in [-0.05, 0) is 36.1 Å². The molecule has 0 bridgehead atoms. The van der Waals surface area contributed by atoms with Gasteiger partial charge >= 0.3 is 0 Å². The van der Waals surface area contributed by atoms with Crippen molar-refractivity contribution < 1.29 is 9.90 Å². The number of alkyl halides is 1. The van der Waals surface area contributed by atoms with E-state index in [1.807, 2.05) is 24.3 Å². The van der Waals surface area contributed by atoms with Crippen LogP contribution in [0, 0.1) is 6.92 Å². The fourth-order valence-electron chi connectivity index (χ4n) is 2.78. The number of halogens is 1. The van der Waals surface area contributed by atoms with Crippen molar-refractivity contribution in [3.63, 3.8) is 0 Å². The summed E-state index contributed by atoms with van der Waals surface area (Å²) >= 11 is 6.37. The first kappa shape index (κ1) is 14.0. The average molecular weight is 302 g/mol. The highest BCUT2D eigenvalue weighted by Gasteiger charge is 2.32. The van der Waals surface area contributed by atoms with Gasteiger partial charge in [0.05, 0.1) is 17.0 Å². The van der Waals surface area contributed by atoms with Crippen molar-refractivity contribution in [1.29, 1.82) is 0 Å². The van der Waals surface area contributed by atoms with Crippen LogP contribution < -0.4 is 5.32 Å². The first-order valence-electron chi connectivity index (χ1n) is 6.89. The van der Waals surface area contributed by atoms with E-state index in [9.17, 15) is 9.90 Å². The summed E-state index contributed by atoms with van der Waals surface area (Å²) in [5, 5.41) is 12.8. The van der Waals surface area contributed by atoms with Crippen LogP contribution >= 0.6 is 11.6 Å². The summed E-state index contributed by atoms with van der Waals surface area (Å²) in [6, 6.07) is 12.8. The number of carbonyl (C=O) groups is 1. The average Bonchev–Trinajstić information content (AvgIpc) is 2.78. The normalized spacial score (nSPS) is 20.1. The van der Waals surface area contributed by atoms with Crippen molar-refractivity contribution in [2.24, 2.45) is 0 Å². The van der Waals surface area contributed by atoms with E-state index in [0.717, 1.165) is 17.5 Å². The first-order valence-corrected chi connectivity index (χ1v) is 7.33. The molecule has 2 aromatic rings. The fourth-order valence-corrected chi connectivity index (χ4v) is 3.14. The van der Waals surface area contributed by atoms with E-state index >= 15 is 0 Å². The highest BCUT2D eigenvalue weighted by atomic mass is 35.5. The second-order valence-electron chi connectivity index (χ2n) is 5.34. The van der Waals surface area contributed by atoms with E-state index in [0.29, 0.717) is 5.56 Å². The van der Waals surface area contributed by atoms with Crippen LogP contribution in [-0.2, 0) is 6.42 Å². The molecule has 0 spiro atoms. The van der Waals surface area contributed by atoms with Crippen molar-refractivity contribution >= 4 is 17.5 Å². The Morgan fingerprint density at radius 2 is 2.00 bits per heavy atom. The molecule has 0 saturated carbocycles. The smallest absolute Gasteiger partial charge is 0.255 e. The summed E-state index contributed by atoms with van der Waals surface area (Å²) in [4.78, 5) is 12.4. The molecule has 2 aromatic carbocycles. The number of aromatic hydroxyl groups is 1. The zero-order chi connectivity index (χ0) is 15.0. The maximum absolute atomic E-state index is 12.4. The number of para-hydroxylation sites is 1. The van der Waals surface area contributed by atoms with Crippen LogP contribution in [0.15, 0.2) is 42.5 Å². The molecule has 21 heavy (non-hydrogen) atoms. The summed E-state index contributed by atoms with van der Waals surface area (Å²) in [5.74, 6) is -0.282. The Bertz CT molecular complexity index is 699. The minimum atomic E-state index is -0.302. The highest BCUT2D eigenvalue weighted by Crippen LogP contribution is 2.35. The van der Waals surface area contributed by atoms with Crippen LogP contribution in [0.2, 0.25) is 0 Å². The quantitative estimate of drug-likeness (QED) is 0.836. The van der Waals surface area contributed by atoms with Gasteiger partial charge in [0.25, 0.3) is 5.91 Å². The summed E-state index contributed by atoms with van der Waals surface area (Å²) in [5.41, 5.74) is 3.18. The Morgan fingerprint density at radius 3 is 2.81 bits per heavy atom. The molecular formula is C17H16ClNO2. The lowest BCUT2D eigenvalue weighted by molar-refractivity contribution is 0.0934. The molecule has 0 saturated heterocycles. The van der Waals surface area contributed by atoms with E-state index in [1.165, 1.54) is 0 Å². The molecule has 3 rings (SSSR count). The van der Waals surface area contributed by atoms with Gasteiger partial charge in [0.15, 0.2) is 0 Å². The molecule has 0 aliphatic heterocycles. The zero-order valence-corrected chi connectivity index (χ0v) is 12.4. The van der Waals surface area contributed by atoms with Crippen LogP contribution in [0.25, 0.3) is 0 Å². The molecule has 1 aliphatic rings. The number of amides is 1. The summed E-state index contributed by atoms with van der Waals surface area (Å²) in [6.45, 7) is 1.77. The SMILES string of the molecule is Cc1cccc(C(=O)NC2c3ccccc3CC2Cl)c1O. The number of hydrogen-bond acceptors (Lipinski definition) is 2. The minimum Gasteiger partial charge on any atom is -0.507 e. The molecule has 3 nitrogen and oxygen atoms in total. The largest absolute Gasteiger partial charge is 0.507 e. The van der Waals surface area contributed by atoms with Gasteiger partial charge in [-0.25, -0.2) is 0 Å². The molecule has 1 amide bonds. The van der Waals surface area contributed by atoms with Crippen molar-refractivity contribution in [3.8, 4) is 5.75 Å². The molecule has 2 atom stereocenters. The van der Waals surface area contributed by atoms with E-state index in [2.05, 4.69) is 5.32 Å². The monoisotopic (exact) mass is 301 g/mol. The van der Waals surface area contributed by atoms with Crippen LogP contribution in [0.1, 0.15) is 33.1 Å². The van der Waals surface area contributed by atoms with Crippen LogP contribution in [-0.4, -0.2) is 16.4 Å². The Morgan fingerprint density at radius 1 is 1.24 bits per heavy atom. The second kappa shape index (κ2) is 5.41. The van der Waals surface area contributed by atoms with Gasteiger partial charge in [0, 0.05) is 0 Å². The van der Waals surface area contributed by atoms with Gasteiger partial charge in [-0.1, -0.05) is 36.4 Å². The molecule has 2 N–H and O–H groups in total. The second-order valence-corrected chi connectivity index (χ2v) is 5.90. The van der Waals surface area contributed by atoms with Gasteiger partial charge in [-0.2, -0.15) is 0 Å². The van der Waals surface area contributed by atoms with Gasteiger partial charge in [-0.15, -0.1) is 11.6 Å². The molecule has 1 aliphatic carbocycles. The number of benzene rings is 2. The fraction of sp³-hybridized carbons (Fsp3) is 0.235. The number of carbonyl (C=O) groups excluding carboxylic acids is 1. The standard InChI is InChI=1S/C17H16ClNO2/c1-10-5-4-8-13(16(10)20)17(21)19-15-12-7-3-2-6-11(12)9-14(15)18/h2-8,14-15,20H,9H2,1H3,(H,19,21).